The Hall–Kier alpha value is -2.02. The van der Waals surface area contributed by atoms with Crippen molar-refractivity contribution >= 4 is 17.2 Å². The van der Waals surface area contributed by atoms with Crippen molar-refractivity contribution in [1.82, 2.24) is 9.59 Å². The van der Waals surface area contributed by atoms with Crippen LogP contribution in [-0.4, -0.2) is 14.5 Å². The molecule has 0 N–H and O–H groups in total. The zero-order valence-corrected chi connectivity index (χ0v) is 8.18. The first-order chi connectivity index (χ1) is 7.25. The highest BCUT2D eigenvalue weighted by molar-refractivity contribution is 7.07. The van der Waals surface area contributed by atoms with Crippen molar-refractivity contribution in [3.8, 4) is 10.8 Å². The molecule has 0 aliphatic carbocycles. The lowest BCUT2D eigenvalue weighted by molar-refractivity contribution is -0.384. The van der Waals surface area contributed by atoms with Gasteiger partial charge in [-0.05, 0) is 6.07 Å². The minimum absolute atomic E-state index is 0.00928. The van der Waals surface area contributed by atoms with E-state index in [9.17, 15) is 10.1 Å². The van der Waals surface area contributed by atoms with Crippen molar-refractivity contribution in [2.24, 2.45) is 0 Å². The Morgan fingerprint density at radius 1 is 1.47 bits per heavy atom. The summed E-state index contributed by atoms with van der Waals surface area (Å²) in [6, 6.07) is 5.94. The molecule has 0 spiro atoms. The predicted molar refractivity (Wildman–Crippen MR) is 53.1 cm³/mol. The van der Waals surface area contributed by atoms with E-state index < -0.39 is 4.92 Å². The Balaban J connectivity index is 2.22. The molecule has 6 nitrogen and oxygen atoms in total. The van der Waals surface area contributed by atoms with Gasteiger partial charge in [-0.1, -0.05) is 10.6 Å². The van der Waals surface area contributed by atoms with E-state index in [2.05, 4.69) is 9.59 Å². The van der Waals surface area contributed by atoms with Gasteiger partial charge in [-0.2, -0.15) is 0 Å². The van der Waals surface area contributed by atoms with Gasteiger partial charge >= 0.3 is 0 Å². The Bertz CT molecular complexity index is 472. The molecule has 0 atom stereocenters. The lowest BCUT2D eigenvalue weighted by Crippen LogP contribution is -1.88. The normalized spacial score (nSPS) is 9.87. The Kier molecular flexibility index (Phi) is 2.55. The van der Waals surface area contributed by atoms with Gasteiger partial charge in [-0.25, -0.2) is 0 Å². The van der Waals surface area contributed by atoms with Gasteiger partial charge in [0.1, 0.15) is 11.9 Å². The summed E-state index contributed by atoms with van der Waals surface area (Å²) in [4.78, 5) is 10.0. The third-order valence-electron chi connectivity index (χ3n) is 1.59. The number of nitrogens with zero attached hydrogens (tertiary/aromatic N) is 3. The maximum absolute atomic E-state index is 10.5. The minimum atomic E-state index is -0.474. The van der Waals surface area contributed by atoms with Crippen LogP contribution in [0.2, 0.25) is 0 Å². The fourth-order valence-corrected chi connectivity index (χ4v) is 1.38. The summed E-state index contributed by atoms with van der Waals surface area (Å²) in [6.07, 6.45) is 1.45. The zero-order valence-electron chi connectivity index (χ0n) is 7.36. The van der Waals surface area contributed by atoms with Crippen LogP contribution in [0.25, 0.3) is 0 Å². The number of nitro benzene ring substituents is 1. The summed E-state index contributed by atoms with van der Waals surface area (Å²) in [5.41, 5.74) is -0.00928. The summed E-state index contributed by atoms with van der Waals surface area (Å²) < 4.78 is 8.91. The van der Waals surface area contributed by atoms with Crippen LogP contribution in [0.4, 0.5) is 5.69 Å². The van der Waals surface area contributed by atoms with Gasteiger partial charge in [0.05, 0.1) is 11.0 Å². The maximum Gasteiger partial charge on any atom is 0.273 e. The molecule has 0 radical (unpaired) electrons. The molecular formula is C8H5N3O3S. The fourth-order valence-electron chi connectivity index (χ4n) is 0.980. The highest BCUT2D eigenvalue weighted by Gasteiger charge is 2.07. The van der Waals surface area contributed by atoms with E-state index in [0.29, 0.717) is 10.8 Å². The van der Waals surface area contributed by atoms with Crippen LogP contribution in [0.3, 0.4) is 0 Å². The third kappa shape index (κ3) is 2.26. The second kappa shape index (κ2) is 4.01. The van der Waals surface area contributed by atoms with Crippen molar-refractivity contribution in [2.75, 3.05) is 0 Å². The first-order valence-electron chi connectivity index (χ1n) is 3.95. The van der Waals surface area contributed by atoms with E-state index in [1.165, 1.54) is 18.3 Å². The molecule has 0 saturated carbocycles. The molecular weight excluding hydrogens is 218 g/mol. The second-order valence-electron chi connectivity index (χ2n) is 2.59. The van der Waals surface area contributed by atoms with E-state index in [1.807, 2.05) is 0 Å². The van der Waals surface area contributed by atoms with Crippen molar-refractivity contribution in [1.29, 1.82) is 0 Å². The number of ether oxygens (including phenoxy) is 1. The van der Waals surface area contributed by atoms with Gasteiger partial charge in [-0.15, -0.1) is 5.10 Å². The summed E-state index contributed by atoms with van der Waals surface area (Å²) in [7, 11) is 0. The van der Waals surface area contributed by atoms with E-state index in [4.69, 9.17) is 4.74 Å². The number of benzene rings is 1. The first-order valence-corrected chi connectivity index (χ1v) is 4.73. The van der Waals surface area contributed by atoms with Gasteiger partial charge in [-0.3, -0.25) is 10.1 Å². The molecule has 0 unspecified atom stereocenters. The highest BCUT2D eigenvalue weighted by Crippen LogP contribution is 2.26. The van der Waals surface area contributed by atoms with Crippen LogP contribution in [0.5, 0.6) is 10.8 Å². The number of aromatic nitrogens is 2. The van der Waals surface area contributed by atoms with Gasteiger partial charge in [0.2, 0.25) is 5.06 Å². The lowest BCUT2D eigenvalue weighted by Gasteiger charge is -2.00. The Morgan fingerprint density at radius 2 is 2.33 bits per heavy atom. The van der Waals surface area contributed by atoms with Crippen LogP contribution in [0.15, 0.2) is 30.5 Å². The SMILES string of the molecule is O=[N+]([O-])c1cccc(Oc2cnns2)c1. The van der Waals surface area contributed by atoms with E-state index in [0.717, 1.165) is 11.5 Å². The van der Waals surface area contributed by atoms with Crippen molar-refractivity contribution in [3.05, 3.63) is 40.6 Å². The standard InChI is InChI=1S/C8H5N3O3S/c12-11(13)6-2-1-3-7(4-6)14-8-5-9-10-15-8/h1-5H. The maximum atomic E-state index is 10.5. The summed E-state index contributed by atoms with van der Waals surface area (Å²) in [5, 5.41) is 14.6. The molecule has 76 valence electrons. The predicted octanol–water partition coefficient (Wildman–Crippen LogP) is 2.24. The minimum Gasteiger partial charge on any atom is -0.443 e. The van der Waals surface area contributed by atoms with Gasteiger partial charge in [0.25, 0.3) is 5.69 Å². The van der Waals surface area contributed by atoms with Crippen LogP contribution < -0.4 is 4.74 Å². The lowest BCUT2D eigenvalue weighted by atomic mass is 10.3. The Labute approximate surface area is 88.4 Å². The molecule has 1 aromatic heterocycles. The molecule has 0 aliphatic heterocycles. The van der Waals surface area contributed by atoms with Crippen LogP contribution in [0.1, 0.15) is 0 Å². The van der Waals surface area contributed by atoms with Gasteiger partial charge in [0.15, 0.2) is 0 Å². The van der Waals surface area contributed by atoms with Crippen LogP contribution in [0, 0.1) is 10.1 Å². The van der Waals surface area contributed by atoms with Crippen molar-refractivity contribution < 1.29 is 9.66 Å². The van der Waals surface area contributed by atoms with Gasteiger partial charge < -0.3 is 4.74 Å². The smallest absolute Gasteiger partial charge is 0.273 e. The van der Waals surface area contributed by atoms with Crippen LogP contribution in [-0.2, 0) is 0 Å². The molecule has 0 bridgehead atoms. The topological polar surface area (TPSA) is 78.2 Å². The largest absolute Gasteiger partial charge is 0.443 e. The van der Waals surface area contributed by atoms with Gasteiger partial charge in [0, 0.05) is 17.6 Å². The second-order valence-corrected chi connectivity index (χ2v) is 3.34. The van der Waals surface area contributed by atoms with E-state index in [1.54, 1.807) is 12.1 Å². The molecule has 15 heavy (non-hydrogen) atoms. The number of rotatable bonds is 3. The molecule has 0 saturated heterocycles. The molecule has 0 aliphatic rings. The quantitative estimate of drug-likeness (QED) is 0.589. The summed E-state index contributed by atoms with van der Waals surface area (Å²) in [5.74, 6) is 0.398. The third-order valence-corrected chi connectivity index (χ3v) is 2.13. The van der Waals surface area contributed by atoms with Crippen molar-refractivity contribution in [3.63, 3.8) is 0 Å². The van der Waals surface area contributed by atoms with E-state index in [-0.39, 0.29) is 5.69 Å². The molecule has 1 heterocycles. The molecule has 0 fully saturated rings. The number of hydrogen-bond donors (Lipinski definition) is 0. The summed E-state index contributed by atoms with van der Waals surface area (Å²) >= 11 is 1.08. The monoisotopic (exact) mass is 223 g/mol. The molecule has 0 amide bonds. The molecule has 1 aromatic carbocycles. The number of non-ortho nitro benzene ring substituents is 1. The molecule has 2 aromatic rings. The average Bonchev–Trinajstić information content (AvgIpc) is 2.71. The van der Waals surface area contributed by atoms with E-state index >= 15 is 0 Å². The van der Waals surface area contributed by atoms with Crippen LogP contribution >= 0.6 is 11.5 Å². The molecule has 2 rings (SSSR count). The van der Waals surface area contributed by atoms with Crippen molar-refractivity contribution in [2.45, 2.75) is 0 Å². The summed E-state index contributed by atoms with van der Waals surface area (Å²) in [6.45, 7) is 0. The number of nitro groups is 1. The fraction of sp³-hybridized carbons (Fsp3) is 0. The average molecular weight is 223 g/mol. The first kappa shape index (κ1) is 9.53. The highest BCUT2D eigenvalue weighted by atomic mass is 32.1. The number of hydrogen-bond acceptors (Lipinski definition) is 6. The Morgan fingerprint density at radius 3 is 3.00 bits per heavy atom. The molecule has 7 heteroatoms. The zero-order chi connectivity index (χ0) is 10.7.